The predicted octanol–water partition coefficient (Wildman–Crippen LogP) is 4.21. The standard InChI is InChI=1S/C20H17ClN4O6S/c1-31-16-5-8-20(26)13(9-16)12-22-23-18-7-6-17(11-19(18)25(27)28)32(29,30)24-15-4-2-3-14(21)10-15/h2-12,23-24,26H,1H3/b22-12+. The number of hydrazone groups is 1. The third kappa shape index (κ3) is 5.45. The molecule has 32 heavy (non-hydrogen) atoms. The Bertz CT molecular complexity index is 1300. The van der Waals surface area contributed by atoms with E-state index in [9.17, 15) is 23.6 Å². The normalized spacial score (nSPS) is 11.3. The van der Waals surface area contributed by atoms with Crippen LogP contribution in [0.2, 0.25) is 5.02 Å². The summed E-state index contributed by atoms with van der Waals surface area (Å²) in [7, 11) is -2.64. The number of hydrogen-bond donors (Lipinski definition) is 3. The molecule has 0 aromatic heterocycles. The van der Waals surface area contributed by atoms with Gasteiger partial charge in [-0.2, -0.15) is 5.10 Å². The number of hydrogen-bond acceptors (Lipinski definition) is 8. The Kier molecular flexibility index (Phi) is 6.81. The van der Waals surface area contributed by atoms with Gasteiger partial charge in [-0.1, -0.05) is 17.7 Å². The van der Waals surface area contributed by atoms with Crippen LogP contribution in [0.3, 0.4) is 0 Å². The van der Waals surface area contributed by atoms with Gasteiger partial charge in [0.15, 0.2) is 0 Å². The zero-order valence-electron chi connectivity index (χ0n) is 16.5. The molecule has 0 radical (unpaired) electrons. The molecule has 3 aromatic carbocycles. The van der Waals surface area contributed by atoms with Crippen molar-refractivity contribution in [3.8, 4) is 11.5 Å². The number of nitro benzene ring substituents is 1. The summed E-state index contributed by atoms with van der Waals surface area (Å²) in [4.78, 5) is 10.4. The Labute approximate surface area is 188 Å². The molecule has 12 heteroatoms. The smallest absolute Gasteiger partial charge is 0.295 e. The fourth-order valence-corrected chi connectivity index (χ4v) is 3.88. The van der Waals surface area contributed by atoms with E-state index < -0.39 is 20.6 Å². The Hall–Kier alpha value is -3.83. The van der Waals surface area contributed by atoms with Crippen LogP contribution in [0.4, 0.5) is 17.1 Å². The average Bonchev–Trinajstić information content (AvgIpc) is 2.74. The Morgan fingerprint density at radius 3 is 2.62 bits per heavy atom. The third-order valence-electron chi connectivity index (χ3n) is 4.18. The summed E-state index contributed by atoms with van der Waals surface area (Å²) in [5.74, 6) is 0.413. The molecule has 0 aliphatic carbocycles. The van der Waals surface area contributed by atoms with Crippen molar-refractivity contribution in [1.82, 2.24) is 0 Å². The van der Waals surface area contributed by atoms with Crippen molar-refractivity contribution in [2.75, 3.05) is 17.3 Å². The van der Waals surface area contributed by atoms with Crippen molar-refractivity contribution in [1.29, 1.82) is 0 Å². The lowest BCUT2D eigenvalue weighted by atomic mass is 10.2. The highest BCUT2D eigenvalue weighted by atomic mass is 35.5. The van der Waals surface area contributed by atoms with Crippen molar-refractivity contribution < 1.29 is 23.2 Å². The predicted molar refractivity (Wildman–Crippen MR) is 121 cm³/mol. The molecule has 0 heterocycles. The van der Waals surface area contributed by atoms with Crippen LogP contribution >= 0.6 is 11.6 Å². The fourth-order valence-electron chi connectivity index (χ4n) is 2.62. The molecule has 0 aliphatic rings. The number of methoxy groups -OCH3 is 1. The lowest BCUT2D eigenvalue weighted by molar-refractivity contribution is -0.384. The topological polar surface area (TPSA) is 143 Å². The number of benzene rings is 3. The van der Waals surface area contributed by atoms with Crippen molar-refractivity contribution in [3.63, 3.8) is 0 Å². The molecule has 3 N–H and O–H groups in total. The van der Waals surface area contributed by atoms with Gasteiger partial charge >= 0.3 is 0 Å². The number of halogens is 1. The first-order valence-corrected chi connectivity index (χ1v) is 10.8. The SMILES string of the molecule is COc1ccc(O)c(/C=N/Nc2ccc(S(=O)(=O)Nc3cccc(Cl)c3)cc2[N+](=O)[O-])c1. The van der Waals surface area contributed by atoms with Crippen molar-refractivity contribution in [3.05, 3.63) is 81.4 Å². The number of sulfonamides is 1. The Morgan fingerprint density at radius 1 is 1.16 bits per heavy atom. The molecule has 0 atom stereocenters. The molecule has 0 amide bonds. The van der Waals surface area contributed by atoms with Crippen molar-refractivity contribution >= 4 is 44.9 Å². The summed E-state index contributed by atoms with van der Waals surface area (Å²) in [6.45, 7) is 0. The van der Waals surface area contributed by atoms with Crippen LogP contribution in [0.5, 0.6) is 11.5 Å². The van der Waals surface area contributed by atoms with E-state index in [1.54, 1.807) is 18.2 Å². The molecule has 0 saturated carbocycles. The van der Waals surface area contributed by atoms with Crippen LogP contribution in [-0.4, -0.2) is 31.8 Å². The number of phenolic OH excluding ortho intramolecular Hbond substituents is 1. The Morgan fingerprint density at radius 2 is 1.94 bits per heavy atom. The number of rotatable bonds is 8. The van der Waals surface area contributed by atoms with Gasteiger partial charge in [0.1, 0.15) is 17.2 Å². The summed E-state index contributed by atoms with van der Waals surface area (Å²) in [5.41, 5.74) is 2.46. The highest BCUT2D eigenvalue weighted by molar-refractivity contribution is 7.92. The van der Waals surface area contributed by atoms with Crippen LogP contribution in [0.1, 0.15) is 5.56 Å². The van der Waals surface area contributed by atoms with E-state index in [2.05, 4.69) is 15.2 Å². The quantitative estimate of drug-likeness (QED) is 0.251. The highest BCUT2D eigenvalue weighted by Gasteiger charge is 2.21. The van der Waals surface area contributed by atoms with Crippen molar-refractivity contribution in [2.24, 2.45) is 5.10 Å². The van der Waals surface area contributed by atoms with E-state index in [-0.39, 0.29) is 22.0 Å². The number of phenols is 1. The van der Waals surface area contributed by atoms with Gasteiger partial charge in [-0.05, 0) is 48.5 Å². The summed E-state index contributed by atoms with van der Waals surface area (Å²) in [6, 6.07) is 13.9. The number of anilines is 2. The lowest BCUT2D eigenvalue weighted by Gasteiger charge is -2.09. The third-order valence-corrected chi connectivity index (χ3v) is 5.79. The van der Waals surface area contributed by atoms with Gasteiger partial charge in [0.25, 0.3) is 15.7 Å². The van der Waals surface area contributed by atoms with Crippen LogP contribution in [0, 0.1) is 10.1 Å². The minimum atomic E-state index is -4.11. The van der Waals surface area contributed by atoms with Gasteiger partial charge < -0.3 is 9.84 Å². The average molecular weight is 477 g/mol. The van der Waals surface area contributed by atoms with Crippen LogP contribution in [-0.2, 0) is 10.0 Å². The first-order chi connectivity index (χ1) is 15.2. The van der Waals surface area contributed by atoms with Gasteiger partial charge in [-0.25, -0.2) is 8.42 Å². The molecule has 10 nitrogen and oxygen atoms in total. The minimum Gasteiger partial charge on any atom is -0.507 e. The van der Waals surface area contributed by atoms with E-state index in [1.807, 2.05) is 0 Å². The van der Waals surface area contributed by atoms with Crippen molar-refractivity contribution in [2.45, 2.75) is 4.90 Å². The van der Waals surface area contributed by atoms with E-state index in [0.717, 1.165) is 6.07 Å². The van der Waals surface area contributed by atoms with Gasteiger partial charge in [0, 0.05) is 16.7 Å². The molecule has 0 spiro atoms. The first kappa shape index (κ1) is 22.8. The molecule has 0 saturated heterocycles. The fraction of sp³-hybridized carbons (Fsp3) is 0.0500. The van der Waals surface area contributed by atoms with Gasteiger partial charge in [-0.3, -0.25) is 20.3 Å². The van der Waals surface area contributed by atoms with Gasteiger partial charge in [-0.15, -0.1) is 0 Å². The lowest BCUT2D eigenvalue weighted by Crippen LogP contribution is -2.13. The Balaban J connectivity index is 1.85. The van der Waals surface area contributed by atoms with Crippen LogP contribution in [0.15, 0.2) is 70.7 Å². The first-order valence-electron chi connectivity index (χ1n) is 8.92. The summed E-state index contributed by atoms with van der Waals surface area (Å²) < 4.78 is 32.6. The number of nitrogens with zero attached hydrogens (tertiary/aromatic N) is 2. The molecule has 0 bridgehead atoms. The second kappa shape index (κ2) is 9.54. The van der Waals surface area contributed by atoms with Crippen LogP contribution < -0.4 is 14.9 Å². The maximum Gasteiger partial charge on any atom is 0.295 e. The number of aromatic hydroxyl groups is 1. The molecular weight excluding hydrogens is 460 g/mol. The molecule has 166 valence electrons. The van der Waals surface area contributed by atoms with Crippen LogP contribution in [0.25, 0.3) is 0 Å². The number of nitro groups is 1. The molecule has 3 aromatic rings. The summed E-state index contributed by atoms with van der Waals surface area (Å²) in [5, 5.41) is 25.6. The molecule has 0 unspecified atom stereocenters. The molecule has 0 aliphatic heterocycles. The zero-order chi connectivity index (χ0) is 23.3. The van der Waals surface area contributed by atoms with E-state index in [1.165, 1.54) is 49.7 Å². The molecule has 3 rings (SSSR count). The molecular formula is C20H17ClN4O6S. The summed E-state index contributed by atoms with van der Waals surface area (Å²) >= 11 is 5.86. The largest absolute Gasteiger partial charge is 0.507 e. The maximum atomic E-state index is 12.6. The second-order valence-electron chi connectivity index (χ2n) is 6.35. The minimum absolute atomic E-state index is 0.0460. The molecule has 0 fully saturated rings. The van der Waals surface area contributed by atoms with E-state index in [0.29, 0.717) is 16.3 Å². The van der Waals surface area contributed by atoms with E-state index >= 15 is 0 Å². The maximum absolute atomic E-state index is 12.6. The number of ether oxygens (including phenoxy) is 1. The summed E-state index contributed by atoms with van der Waals surface area (Å²) in [6.07, 6.45) is 1.24. The second-order valence-corrected chi connectivity index (χ2v) is 8.47. The zero-order valence-corrected chi connectivity index (χ0v) is 18.1. The number of nitrogens with one attached hydrogen (secondary N) is 2. The monoisotopic (exact) mass is 476 g/mol. The highest BCUT2D eigenvalue weighted by Crippen LogP contribution is 2.29. The van der Waals surface area contributed by atoms with E-state index in [4.69, 9.17) is 16.3 Å². The van der Waals surface area contributed by atoms with Gasteiger partial charge in [0.2, 0.25) is 0 Å². The van der Waals surface area contributed by atoms with Gasteiger partial charge in [0.05, 0.1) is 28.8 Å².